The number of hydrogen-bond acceptors (Lipinski definition) is 1. The summed E-state index contributed by atoms with van der Waals surface area (Å²) >= 11 is 5.84. The van der Waals surface area contributed by atoms with Crippen molar-refractivity contribution >= 4 is 17.5 Å². The summed E-state index contributed by atoms with van der Waals surface area (Å²) in [7, 11) is 0. The molecule has 0 bridgehead atoms. The Hall–Kier alpha value is -1.02. The highest BCUT2D eigenvalue weighted by Gasteiger charge is 2.20. The van der Waals surface area contributed by atoms with Crippen molar-refractivity contribution in [1.29, 1.82) is 0 Å². The van der Waals surface area contributed by atoms with Gasteiger partial charge in [0.2, 0.25) is 5.91 Å². The summed E-state index contributed by atoms with van der Waals surface area (Å²) in [5, 5.41) is 3.65. The van der Waals surface area contributed by atoms with Crippen LogP contribution in [-0.4, -0.2) is 12.5 Å². The highest BCUT2D eigenvalue weighted by molar-refractivity contribution is 6.30. The molecule has 0 aliphatic rings. The zero-order chi connectivity index (χ0) is 12.2. The molecule has 0 aromatic heterocycles. The van der Waals surface area contributed by atoms with Crippen LogP contribution in [0.3, 0.4) is 0 Å². The van der Waals surface area contributed by atoms with Crippen molar-refractivity contribution < 1.29 is 4.79 Å². The molecule has 0 aliphatic carbocycles. The zero-order valence-corrected chi connectivity index (χ0v) is 10.8. The van der Waals surface area contributed by atoms with E-state index in [4.69, 9.17) is 11.6 Å². The van der Waals surface area contributed by atoms with Crippen LogP contribution in [0, 0.1) is 0 Å². The molecule has 0 heterocycles. The number of amides is 1. The van der Waals surface area contributed by atoms with Crippen molar-refractivity contribution in [3.63, 3.8) is 0 Å². The van der Waals surface area contributed by atoms with E-state index in [9.17, 15) is 4.79 Å². The van der Waals surface area contributed by atoms with Crippen LogP contribution in [-0.2, 0) is 10.2 Å². The van der Waals surface area contributed by atoms with E-state index in [0.29, 0.717) is 13.0 Å². The van der Waals surface area contributed by atoms with Crippen LogP contribution < -0.4 is 5.32 Å². The second-order valence-electron chi connectivity index (χ2n) is 4.52. The first-order valence-corrected chi connectivity index (χ1v) is 5.86. The number of hydrogen-bond donors (Lipinski definition) is 1. The maximum absolute atomic E-state index is 11.2. The number of halogens is 1. The Morgan fingerprint density at radius 1 is 1.31 bits per heavy atom. The molecule has 0 radical (unpaired) electrons. The maximum Gasteiger partial charge on any atom is 0.219 e. The molecule has 1 rings (SSSR count). The van der Waals surface area contributed by atoms with Gasteiger partial charge in [0, 0.05) is 23.4 Å². The number of carbonyl (C=O) groups excluding carboxylic acids is 1. The molecule has 0 saturated heterocycles. The molecular formula is C13H18ClNO. The molecule has 0 saturated carbocycles. The number of rotatable bonds is 4. The quantitative estimate of drug-likeness (QED) is 0.859. The summed E-state index contributed by atoms with van der Waals surface area (Å²) in [6, 6.07) is 7.75. The van der Waals surface area contributed by atoms with Crippen molar-refractivity contribution in [2.45, 2.75) is 32.6 Å². The van der Waals surface area contributed by atoms with E-state index in [1.54, 1.807) is 0 Å². The first-order chi connectivity index (χ1) is 7.45. The van der Waals surface area contributed by atoms with Crippen LogP contribution in [0.25, 0.3) is 0 Å². The van der Waals surface area contributed by atoms with E-state index in [1.165, 1.54) is 5.56 Å². The fraction of sp³-hybridized carbons (Fsp3) is 0.462. The van der Waals surface area contributed by atoms with E-state index in [-0.39, 0.29) is 11.3 Å². The Kier molecular flexibility index (Phi) is 4.36. The molecule has 88 valence electrons. The topological polar surface area (TPSA) is 29.1 Å². The predicted molar refractivity (Wildman–Crippen MR) is 67.8 cm³/mol. The average Bonchev–Trinajstić information content (AvgIpc) is 2.26. The van der Waals surface area contributed by atoms with Crippen molar-refractivity contribution in [3.8, 4) is 0 Å². The van der Waals surface area contributed by atoms with Gasteiger partial charge >= 0.3 is 0 Å². The third-order valence-corrected chi connectivity index (χ3v) is 2.93. The zero-order valence-electron chi connectivity index (χ0n) is 10.0. The Labute approximate surface area is 102 Å². The van der Waals surface area contributed by atoms with Gasteiger partial charge in [-0.15, -0.1) is 0 Å². The van der Waals surface area contributed by atoms with Crippen LogP contribution >= 0.6 is 11.6 Å². The normalized spacial score (nSPS) is 11.2. The van der Waals surface area contributed by atoms with Gasteiger partial charge < -0.3 is 5.32 Å². The highest BCUT2D eigenvalue weighted by atomic mass is 35.5. The van der Waals surface area contributed by atoms with Crippen LogP contribution in [0.5, 0.6) is 0 Å². The Morgan fingerprint density at radius 2 is 1.88 bits per heavy atom. The number of benzene rings is 1. The molecule has 0 fully saturated rings. The second-order valence-corrected chi connectivity index (χ2v) is 4.96. The third-order valence-electron chi connectivity index (χ3n) is 2.67. The van der Waals surface area contributed by atoms with Crippen molar-refractivity contribution in [2.24, 2.45) is 0 Å². The lowest BCUT2D eigenvalue weighted by Gasteiger charge is -2.25. The molecule has 0 aliphatic heterocycles. The first-order valence-electron chi connectivity index (χ1n) is 5.48. The number of carbonyl (C=O) groups is 1. The SMILES string of the molecule is CCC(=O)NCC(C)(C)c1ccc(Cl)cc1. The molecule has 0 unspecified atom stereocenters. The smallest absolute Gasteiger partial charge is 0.219 e. The molecule has 1 N–H and O–H groups in total. The van der Waals surface area contributed by atoms with E-state index in [1.807, 2.05) is 31.2 Å². The summed E-state index contributed by atoms with van der Waals surface area (Å²) in [6.07, 6.45) is 0.525. The van der Waals surface area contributed by atoms with Crippen molar-refractivity contribution in [3.05, 3.63) is 34.9 Å². The average molecular weight is 240 g/mol. The van der Waals surface area contributed by atoms with Gasteiger partial charge in [-0.2, -0.15) is 0 Å². The van der Waals surface area contributed by atoms with Gasteiger partial charge in [0.05, 0.1) is 0 Å². The van der Waals surface area contributed by atoms with E-state index >= 15 is 0 Å². The Balaban J connectivity index is 2.69. The first kappa shape index (κ1) is 13.0. The second kappa shape index (κ2) is 5.35. The predicted octanol–water partition coefficient (Wildman–Crippen LogP) is 3.14. The standard InChI is InChI=1S/C13H18ClNO/c1-4-12(16)15-9-13(2,3)10-5-7-11(14)8-6-10/h5-8H,4,9H2,1-3H3,(H,15,16). The molecule has 0 atom stereocenters. The lowest BCUT2D eigenvalue weighted by Crippen LogP contribution is -2.36. The Bertz CT molecular complexity index is 357. The molecular weight excluding hydrogens is 222 g/mol. The van der Waals surface area contributed by atoms with Gasteiger partial charge in [-0.05, 0) is 17.7 Å². The largest absolute Gasteiger partial charge is 0.355 e. The fourth-order valence-electron chi connectivity index (χ4n) is 1.45. The lowest BCUT2D eigenvalue weighted by atomic mass is 9.84. The minimum atomic E-state index is -0.0740. The van der Waals surface area contributed by atoms with Gasteiger partial charge in [0.25, 0.3) is 0 Å². The van der Waals surface area contributed by atoms with E-state index < -0.39 is 0 Å². The molecule has 1 aromatic rings. The summed E-state index contributed by atoms with van der Waals surface area (Å²) in [6.45, 7) is 6.70. The third kappa shape index (κ3) is 3.53. The maximum atomic E-state index is 11.2. The summed E-state index contributed by atoms with van der Waals surface area (Å²) < 4.78 is 0. The van der Waals surface area contributed by atoms with Crippen LogP contribution in [0.2, 0.25) is 5.02 Å². The van der Waals surface area contributed by atoms with E-state index in [2.05, 4.69) is 19.2 Å². The molecule has 3 heteroatoms. The van der Waals surface area contributed by atoms with Crippen LogP contribution in [0.1, 0.15) is 32.8 Å². The molecule has 1 aromatic carbocycles. The minimum Gasteiger partial charge on any atom is -0.355 e. The summed E-state index contributed by atoms with van der Waals surface area (Å²) in [5.74, 6) is 0.0852. The van der Waals surface area contributed by atoms with E-state index in [0.717, 1.165) is 5.02 Å². The van der Waals surface area contributed by atoms with Crippen molar-refractivity contribution in [1.82, 2.24) is 5.32 Å². The monoisotopic (exact) mass is 239 g/mol. The Morgan fingerprint density at radius 3 is 2.38 bits per heavy atom. The molecule has 2 nitrogen and oxygen atoms in total. The van der Waals surface area contributed by atoms with Gasteiger partial charge in [0.15, 0.2) is 0 Å². The lowest BCUT2D eigenvalue weighted by molar-refractivity contribution is -0.121. The fourth-order valence-corrected chi connectivity index (χ4v) is 1.57. The highest BCUT2D eigenvalue weighted by Crippen LogP contribution is 2.23. The van der Waals surface area contributed by atoms with Gasteiger partial charge in [-0.25, -0.2) is 0 Å². The number of nitrogens with one attached hydrogen (secondary N) is 1. The molecule has 16 heavy (non-hydrogen) atoms. The van der Waals surface area contributed by atoms with Gasteiger partial charge in [-0.3, -0.25) is 4.79 Å². The molecule has 0 spiro atoms. The molecule has 1 amide bonds. The van der Waals surface area contributed by atoms with Gasteiger partial charge in [0.1, 0.15) is 0 Å². The summed E-state index contributed by atoms with van der Waals surface area (Å²) in [4.78, 5) is 11.2. The van der Waals surface area contributed by atoms with Crippen LogP contribution in [0.4, 0.5) is 0 Å². The minimum absolute atomic E-state index is 0.0740. The van der Waals surface area contributed by atoms with Crippen molar-refractivity contribution in [2.75, 3.05) is 6.54 Å². The summed E-state index contributed by atoms with van der Waals surface area (Å²) in [5.41, 5.74) is 1.10. The van der Waals surface area contributed by atoms with Gasteiger partial charge in [-0.1, -0.05) is 44.5 Å². The van der Waals surface area contributed by atoms with Crippen LogP contribution in [0.15, 0.2) is 24.3 Å².